The molecule has 0 spiro atoms. The molecule has 124 valence electrons. The quantitative estimate of drug-likeness (QED) is 0.744. The van der Waals surface area contributed by atoms with Crippen molar-refractivity contribution in [2.75, 3.05) is 18.9 Å². The van der Waals surface area contributed by atoms with Crippen LogP contribution < -0.4 is 11.5 Å². The number of nitrogens with zero attached hydrogens (tertiary/aromatic N) is 3. The van der Waals surface area contributed by atoms with E-state index in [1.165, 1.54) is 0 Å². The van der Waals surface area contributed by atoms with Gasteiger partial charge in [0.1, 0.15) is 0 Å². The molecular formula is C17H19N5O2. The molecule has 2 heterocycles. The lowest BCUT2D eigenvalue weighted by molar-refractivity contribution is -0.114. The van der Waals surface area contributed by atoms with Crippen LogP contribution in [0.4, 0.5) is 5.95 Å². The average molecular weight is 325 g/mol. The summed E-state index contributed by atoms with van der Waals surface area (Å²) >= 11 is 0. The summed E-state index contributed by atoms with van der Waals surface area (Å²) in [7, 11) is 0. The van der Waals surface area contributed by atoms with Gasteiger partial charge in [0.15, 0.2) is 0 Å². The molecule has 1 amide bonds. The number of nitrogens with two attached hydrogens (primary N) is 2. The second kappa shape index (κ2) is 6.67. The Kier molecular flexibility index (Phi) is 4.43. The lowest BCUT2D eigenvalue weighted by Crippen LogP contribution is -2.27. The van der Waals surface area contributed by atoms with Crippen LogP contribution in [0.2, 0.25) is 0 Å². The number of hydrogen-bond donors (Lipinski definition) is 3. The van der Waals surface area contributed by atoms with Crippen LogP contribution in [0.15, 0.2) is 48.2 Å². The molecule has 7 heteroatoms. The fraction of sp³-hybridized carbons (Fsp3) is 0.235. The largest absolute Gasteiger partial charge is 0.395 e. The van der Waals surface area contributed by atoms with Crippen molar-refractivity contribution in [1.82, 2.24) is 14.9 Å². The van der Waals surface area contributed by atoms with Gasteiger partial charge < -0.3 is 21.5 Å². The maximum Gasteiger partial charge on any atom is 0.246 e. The van der Waals surface area contributed by atoms with E-state index in [0.29, 0.717) is 24.2 Å². The molecule has 5 N–H and O–H groups in total. The highest BCUT2D eigenvalue weighted by Crippen LogP contribution is 2.42. The van der Waals surface area contributed by atoms with Crippen molar-refractivity contribution in [1.29, 1.82) is 0 Å². The van der Waals surface area contributed by atoms with Gasteiger partial charge in [-0.25, -0.2) is 9.97 Å². The van der Waals surface area contributed by atoms with Crippen LogP contribution in [-0.2, 0) is 4.79 Å². The Morgan fingerprint density at radius 3 is 2.67 bits per heavy atom. The van der Waals surface area contributed by atoms with E-state index in [9.17, 15) is 9.90 Å². The van der Waals surface area contributed by atoms with Gasteiger partial charge in [-0.15, -0.1) is 0 Å². The molecule has 0 bridgehead atoms. The van der Waals surface area contributed by atoms with E-state index in [-0.39, 0.29) is 18.6 Å². The van der Waals surface area contributed by atoms with Gasteiger partial charge >= 0.3 is 0 Å². The lowest BCUT2D eigenvalue weighted by atomic mass is 10.0. The number of β-amino-alcohol motifs (C(OH)–C–C–N with tert-alkyl or cyclic N) is 1. The van der Waals surface area contributed by atoms with Gasteiger partial charge in [-0.1, -0.05) is 30.3 Å². The van der Waals surface area contributed by atoms with Crippen LogP contribution in [0.5, 0.6) is 0 Å². The Morgan fingerprint density at radius 2 is 2.04 bits per heavy atom. The third-order valence-electron chi connectivity index (χ3n) is 4.07. The Morgan fingerprint density at radius 1 is 1.29 bits per heavy atom. The molecule has 1 unspecified atom stereocenters. The predicted octanol–water partition coefficient (Wildman–Crippen LogP) is 0.694. The van der Waals surface area contributed by atoms with Gasteiger partial charge in [-0.05, 0) is 11.6 Å². The molecule has 2 aromatic rings. The Balaban J connectivity index is 2.09. The molecule has 0 aliphatic carbocycles. The Hall–Kier alpha value is -2.93. The molecule has 1 aromatic heterocycles. The van der Waals surface area contributed by atoms with Gasteiger partial charge in [0.05, 0.1) is 24.0 Å². The molecule has 0 saturated heterocycles. The number of hydrogen-bond acceptors (Lipinski definition) is 6. The third-order valence-corrected chi connectivity index (χ3v) is 4.07. The van der Waals surface area contributed by atoms with Crippen LogP contribution >= 0.6 is 0 Å². The SMILES string of the molecule is NC(=O)C1=C(c2ccccc2)N(CCO)C(c2ccnc(N)n2)C1. The number of anilines is 1. The van der Waals surface area contributed by atoms with E-state index in [0.717, 1.165) is 11.3 Å². The summed E-state index contributed by atoms with van der Waals surface area (Å²) in [4.78, 5) is 22.1. The normalized spacial score (nSPS) is 17.4. The number of nitrogen functional groups attached to an aromatic ring is 1. The predicted molar refractivity (Wildman–Crippen MR) is 90.2 cm³/mol. The van der Waals surface area contributed by atoms with Gasteiger partial charge in [-0.3, -0.25) is 4.79 Å². The highest BCUT2D eigenvalue weighted by Gasteiger charge is 2.36. The van der Waals surface area contributed by atoms with Gasteiger partial charge in [-0.2, -0.15) is 0 Å². The molecule has 1 aromatic carbocycles. The van der Waals surface area contributed by atoms with Crippen LogP contribution in [0.1, 0.15) is 23.7 Å². The summed E-state index contributed by atoms with van der Waals surface area (Å²) in [6, 6.07) is 11.1. The minimum Gasteiger partial charge on any atom is -0.395 e. The van der Waals surface area contributed by atoms with E-state index in [4.69, 9.17) is 11.5 Å². The summed E-state index contributed by atoms with van der Waals surface area (Å²) < 4.78 is 0. The van der Waals surface area contributed by atoms with E-state index in [1.54, 1.807) is 12.3 Å². The molecule has 1 atom stereocenters. The fourth-order valence-electron chi connectivity index (χ4n) is 3.10. The molecule has 3 rings (SSSR count). The number of aromatic nitrogens is 2. The second-order valence-electron chi connectivity index (χ2n) is 5.53. The zero-order valence-corrected chi connectivity index (χ0v) is 13.1. The van der Waals surface area contributed by atoms with Crippen molar-refractivity contribution in [2.24, 2.45) is 5.73 Å². The molecule has 0 saturated carbocycles. The van der Waals surface area contributed by atoms with Crippen molar-refractivity contribution in [3.05, 3.63) is 59.4 Å². The Bertz CT molecular complexity index is 776. The van der Waals surface area contributed by atoms with E-state index in [2.05, 4.69) is 9.97 Å². The second-order valence-corrected chi connectivity index (χ2v) is 5.53. The Labute approximate surface area is 139 Å². The first-order chi connectivity index (χ1) is 11.6. The molecule has 0 radical (unpaired) electrons. The number of aliphatic hydroxyl groups excluding tert-OH is 1. The van der Waals surface area contributed by atoms with Crippen LogP contribution in [0.25, 0.3) is 5.70 Å². The molecule has 0 fully saturated rings. The van der Waals surface area contributed by atoms with Crippen LogP contribution in [-0.4, -0.2) is 39.0 Å². The summed E-state index contributed by atoms with van der Waals surface area (Å²) in [5, 5.41) is 9.50. The van der Waals surface area contributed by atoms with E-state index < -0.39 is 5.91 Å². The maximum atomic E-state index is 12.0. The van der Waals surface area contributed by atoms with Gasteiger partial charge in [0.25, 0.3) is 0 Å². The average Bonchev–Trinajstić information content (AvgIpc) is 2.96. The minimum atomic E-state index is -0.471. The number of aliphatic hydroxyl groups is 1. The van der Waals surface area contributed by atoms with E-state index >= 15 is 0 Å². The van der Waals surface area contributed by atoms with Gasteiger partial charge in [0, 0.05) is 24.7 Å². The highest BCUT2D eigenvalue weighted by molar-refractivity contribution is 6.01. The molecule has 1 aliphatic rings. The van der Waals surface area contributed by atoms with Crippen molar-refractivity contribution >= 4 is 17.6 Å². The molecular weight excluding hydrogens is 306 g/mol. The monoisotopic (exact) mass is 325 g/mol. The lowest BCUT2D eigenvalue weighted by Gasteiger charge is -2.29. The molecule has 1 aliphatic heterocycles. The van der Waals surface area contributed by atoms with Crippen LogP contribution in [0.3, 0.4) is 0 Å². The van der Waals surface area contributed by atoms with Crippen molar-refractivity contribution in [3.8, 4) is 0 Å². The number of amides is 1. The summed E-state index contributed by atoms with van der Waals surface area (Å²) in [6.45, 7) is 0.301. The topological polar surface area (TPSA) is 118 Å². The van der Waals surface area contributed by atoms with Crippen molar-refractivity contribution in [2.45, 2.75) is 12.5 Å². The first-order valence-corrected chi connectivity index (χ1v) is 7.66. The minimum absolute atomic E-state index is 0.0561. The first-order valence-electron chi connectivity index (χ1n) is 7.66. The zero-order chi connectivity index (χ0) is 17.1. The molecule has 24 heavy (non-hydrogen) atoms. The van der Waals surface area contributed by atoms with E-state index in [1.807, 2.05) is 35.2 Å². The number of carbonyl (C=O) groups is 1. The number of benzene rings is 1. The van der Waals surface area contributed by atoms with Crippen LogP contribution in [0, 0.1) is 0 Å². The number of primary amides is 1. The summed E-state index contributed by atoms with van der Waals surface area (Å²) in [5.41, 5.74) is 14.1. The first kappa shape index (κ1) is 15.9. The van der Waals surface area contributed by atoms with Gasteiger partial charge in [0.2, 0.25) is 11.9 Å². The van der Waals surface area contributed by atoms with Crippen molar-refractivity contribution in [3.63, 3.8) is 0 Å². The third kappa shape index (κ3) is 2.93. The highest BCUT2D eigenvalue weighted by atomic mass is 16.3. The summed E-state index contributed by atoms with van der Waals surface area (Å²) in [5.74, 6) is -0.299. The standard InChI is InChI=1S/C17H19N5O2/c18-16(24)12-10-14(13-6-7-20-17(19)21-13)22(8-9-23)15(12)11-4-2-1-3-5-11/h1-7,14,23H,8-10H2,(H2,18,24)(H2,19,20,21). The number of carbonyl (C=O) groups excluding carboxylic acids is 1. The molecule has 7 nitrogen and oxygen atoms in total. The summed E-state index contributed by atoms with van der Waals surface area (Å²) in [6.07, 6.45) is 2.00. The smallest absolute Gasteiger partial charge is 0.246 e. The zero-order valence-electron chi connectivity index (χ0n) is 13.1. The number of rotatable bonds is 5. The maximum absolute atomic E-state index is 12.0. The fourth-order valence-corrected chi connectivity index (χ4v) is 3.10. The van der Waals surface area contributed by atoms with Crippen molar-refractivity contribution < 1.29 is 9.90 Å².